The summed E-state index contributed by atoms with van der Waals surface area (Å²) >= 11 is 1.66. The van der Waals surface area contributed by atoms with E-state index in [2.05, 4.69) is 15.3 Å². The Kier molecular flexibility index (Phi) is 3.94. The van der Waals surface area contributed by atoms with Gasteiger partial charge in [-0.3, -0.25) is 4.79 Å². The van der Waals surface area contributed by atoms with Gasteiger partial charge in [0, 0.05) is 28.2 Å². The van der Waals surface area contributed by atoms with Crippen molar-refractivity contribution in [2.24, 2.45) is 0 Å². The molecule has 0 aliphatic rings. The number of imidazole rings is 1. The van der Waals surface area contributed by atoms with Crippen molar-refractivity contribution in [2.45, 2.75) is 19.9 Å². The van der Waals surface area contributed by atoms with Crippen LogP contribution in [0.5, 0.6) is 0 Å². The highest BCUT2D eigenvalue weighted by atomic mass is 32.1. The van der Waals surface area contributed by atoms with Gasteiger partial charge in [0.2, 0.25) is 5.91 Å². The summed E-state index contributed by atoms with van der Waals surface area (Å²) in [7, 11) is 0. The van der Waals surface area contributed by atoms with Crippen molar-refractivity contribution in [3.8, 4) is 0 Å². The zero-order valence-corrected chi connectivity index (χ0v) is 11.1. The molecule has 5 heteroatoms. The largest absolute Gasteiger partial charge is 0.347 e. The molecule has 4 nitrogen and oxygen atoms in total. The third-order valence-electron chi connectivity index (χ3n) is 2.45. The molecule has 0 saturated carbocycles. The first kappa shape index (κ1) is 12.6. The molecule has 2 N–H and O–H groups in total. The van der Waals surface area contributed by atoms with Gasteiger partial charge in [0.15, 0.2) is 0 Å². The molecule has 1 amide bonds. The maximum Gasteiger partial charge on any atom is 0.244 e. The molecule has 0 aliphatic carbocycles. The number of rotatable bonds is 4. The zero-order valence-electron chi connectivity index (χ0n) is 10.3. The van der Waals surface area contributed by atoms with Crippen molar-refractivity contribution < 1.29 is 4.79 Å². The average molecular weight is 261 g/mol. The van der Waals surface area contributed by atoms with Gasteiger partial charge in [-0.05, 0) is 32.1 Å². The van der Waals surface area contributed by atoms with E-state index in [4.69, 9.17) is 0 Å². The molecular formula is C13H15N3OS. The van der Waals surface area contributed by atoms with Crippen LogP contribution in [0.4, 0.5) is 0 Å². The van der Waals surface area contributed by atoms with E-state index in [0.717, 1.165) is 10.7 Å². The summed E-state index contributed by atoms with van der Waals surface area (Å²) in [4.78, 5) is 21.1. The molecule has 2 aromatic heterocycles. The van der Waals surface area contributed by atoms with Gasteiger partial charge in [0.1, 0.15) is 5.82 Å². The summed E-state index contributed by atoms with van der Waals surface area (Å²) in [5.74, 6) is 0.633. The Morgan fingerprint density at radius 2 is 2.39 bits per heavy atom. The Balaban J connectivity index is 1.91. The summed E-state index contributed by atoms with van der Waals surface area (Å²) in [6, 6.07) is 3.91. The Morgan fingerprint density at radius 3 is 3.00 bits per heavy atom. The Morgan fingerprint density at radius 1 is 1.56 bits per heavy atom. The van der Waals surface area contributed by atoms with Crippen LogP contribution >= 0.6 is 11.3 Å². The van der Waals surface area contributed by atoms with Crippen molar-refractivity contribution in [3.05, 3.63) is 46.2 Å². The van der Waals surface area contributed by atoms with Crippen LogP contribution in [0.25, 0.3) is 6.08 Å². The molecule has 0 fully saturated rings. The fourth-order valence-corrected chi connectivity index (χ4v) is 2.32. The Hall–Kier alpha value is -1.88. The van der Waals surface area contributed by atoms with Crippen LogP contribution in [0.3, 0.4) is 0 Å². The molecule has 0 radical (unpaired) electrons. The van der Waals surface area contributed by atoms with Crippen molar-refractivity contribution >= 4 is 23.3 Å². The highest BCUT2D eigenvalue weighted by Crippen LogP contribution is 2.16. The van der Waals surface area contributed by atoms with Gasteiger partial charge < -0.3 is 10.3 Å². The highest BCUT2D eigenvalue weighted by Gasteiger charge is 2.08. The number of hydrogen-bond donors (Lipinski definition) is 2. The second kappa shape index (κ2) is 5.64. The van der Waals surface area contributed by atoms with Crippen molar-refractivity contribution in [3.63, 3.8) is 0 Å². The maximum absolute atomic E-state index is 11.7. The van der Waals surface area contributed by atoms with Gasteiger partial charge in [-0.2, -0.15) is 0 Å². The number of aryl methyl sites for hydroxylation is 1. The number of carbonyl (C=O) groups is 1. The second-order valence-corrected chi connectivity index (χ2v) is 5.31. The summed E-state index contributed by atoms with van der Waals surface area (Å²) in [5.41, 5.74) is 0. The first-order chi connectivity index (χ1) is 8.65. The third kappa shape index (κ3) is 3.30. The molecular weight excluding hydrogens is 246 g/mol. The van der Waals surface area contributed by atoms with Gasteiger partial charge in [-0.25, -0.2) is 4.98 Å². The molecule has 0 aliphatic heterocycles. The van der Waals surface area contributed by atoms with Crippen molar-refractivity contribution in [1.82, 2.24) is 15.3 Å². The van der Waals surface area contributed by atoms with Crippen LogP contribution in [0.1, 0.15) is 28.5 Å². The number of nitrogens with zero attached hydrogens (tertiary/aromatic N) is 1. The lowest BCUT2D eigenvalue weighted by atomic mass is 10.3. The van der Waals surface area contributed by atoms with E-state index in [1.807, 2.05) is 32.1 Å². The van der Waals surface area contributed by atoms with Crippen molar-refractivity contribution in [1.29, 1.82) is 0 Å². The van der Waals surface area contributed by atoms with Crippen LogP contribution in [-0.4, -0.2) is 15.9 Å². The van der Waals surface area contributed by atoms with Gasteiger partial charge in [0.25, 0.3) is 0 Å². The van der Waals surface area contributed by atoms with E-state index < -0.39 is 0 Å². The SMILES string of the molecule is Cc1ccc(/C=C/C(=O)NC(C)c2ncc[nH]2)s1. The molecule has 94 valence electrons. The smallest absolute Gasteiger partial charge is 0.244 e. The van der Waals surface area contributed by atoms with E-state index in [0.29, 0.717) is 0 Å². The first-order valence-electron chi connectivity index (χ1n) is 5.69. The van der Waals surface area contributed by atoms with Gasteiger partial charge in [0.05, 0.1) is 6.04 Å². The number of hydrogen-bond acceptors (Lipinski definition) is 3. The lowest BCUT2D eigenvalue weighted by molar-refractivity contribution is -0.117. The fourth-order valence-electron chi connectivity index (χ4n) is 1.54. The number of nitrogens with one attached hydrogen (secondary N) is 2. The molecule has 2 aromatic rings. The molecule has 0 saturated heterocycles. The summed E-state index contributed by atoms with van der Waals surface area (Å²) in [6.07, 6.45) is 6.77. The number of carbonyl (C=O) groups excluding carboxylic acids is 1. The standard InChI is InChI=1S/C13H15N3OS/c1-9-3-4-11(18-9)5-6-12(17)16-10(2)13-14-7-8-15-13/h3-8,10H,1-2H3,(H,14,15)(H,16,17)/b6-5+. The molecule has 1 atom stereocenters. The van der Waals surface area contributed by atoms with Gasteiger partial charge >= 0.3 is 0 Å². The van der Waals surface area contributed by atoms with E-state index >= 15 is 0 Å². The summed E-state index contributed by atoms with van der Waals surface area (Å²) in [5, 5.41) is 2.84. The lowest BCUT2D eigenvalue weighted by Crippen LogP contribution is -2.25. The molecule has 0 spiro atoms. The van der Waals surface area contributed by atoms with E-state index in [1.54, 1.807) is 29.8 Å². The maximum atomic E-state index is 11.7. The predicted octanol–water partition coefficient (Wildman–Crippen LogP) is 2.67. The first-order valence-corrected chi connectivity index (χ1v) is 6.51. The van der Waals surface area contributed by atoms with Crippen LogP contribution in [0.15, 0.2) is 30.6 Å². The van der Waals surface area contributed by atoms with Gasteiger partial charge in [-0.1, -0.05) is 0 Å². The second-order valence-electron chi connectivity index (χ2n) is 3.99. The normalized spacial score (nSPS) is 12.8. The Bertz CT molecular complexity index is 542. The van der Waals surface area contributed by atoms with Crippen LogP contribution in [-0.2, 0) is 4.79 Å². The molecule has 2 rings (SSSR count). The van der Waals surface area contributed by atoms with Crippen molar-refractivity contribution in [2.75, 3.05) is 0 Å². The number of aromatic amines is 1. The van der Waals surface area contributed by atoms with Crippen LogP contribution in [0, 0.1) is 6.92 Å². The lowest BCUT2D eigenvalue weighted by Gasteiger charge is -2.08. The van der Waals surface area contributed by atoms with Gasteiger partial charge in [-0.15, -0.1) is 11.3 Å². The Labute approximate surface area is 110 Å². The number of amides is 1. The van der Waals surface area contributed by atoms with Crippen LogP contribution in [0.2, 0.25) is 0 Å². The fraction of sp³-hybridized carbons (Fsp3) is 0.231. The monoisotopic (exact) mass is 261 g/mol. The minimum atomic E-state index is -0.123. The van der Waals surface area contributed by atoms with E-state index in [1.165, 1.54) is 4.88 Å². The van der Waals surface area contributed by atoms with Crippen LogP contribution < -0.4 is 5.32 Å². The molecule has 0 aromatic carbocycles. The van der Waals surface area contributed by atoms with E-state index in [9.17, 15) is 4.79 Å². The zero-order chi connectivity index (χ0) is 13.0. The minimum Gasteiger partial charge on any atom is -0.347 e. The summed E-state index contributed by atoms with van der Waals surface area (Å²) < 4.78 is 0. The molecule has 0 bridgehead atoms. The minimum absolute atomic E-state index is 0.120. The number of H-pyrrole nitrogens is 1. The predicted molar refractivity (Wildman–Crippen MR) is 73.2 cm³/mol. The number of aromatic nitrogens is 2. The topological polar surface area (TPSA) is 57.8 Å². The quantitative estimate of drug-likeness (QED) is 0.831. The average Bonchev–Trinajstić information content (AvgIpc) is 2.97. The highest BCUT2D eigenvalue weighted by molar-refractivity contribution is 7.12. The molecule has 2 heterocycles. The third-order valence-corrected chi connectivity index (χ3v) is 3.41. The molecule has 18 heavy (non-hydrogen) atoms. The summed E-state index contributed by atoms with van der Waals surface area (Å²) in [6.45, 7) is 3.93. The number of thiophene rings is 1. The molecule has 1 unspecified atom stereocenters. The van der Waals surface area contributed by atoms with E-state index in [-0.39, 0.29) is 11.9 Å².